The highest BCUT2D eigenvalue weighted by Gasteiger charge is 2.35. The van der Waals surface area contributed by atoms with Crippen molar-refractivity contribution in [3.8, 4) is 0 Å². The van der Waals surface area contributed by atoms with E-state index in [1.54, 1.807) is 35.2 Å². The lowest BCUT2D eigenvalue weighted by molar-refractivity contribution is -0.126. The summed E-state index contributed by atoms with van der Waals surface area (Å²) in [5, 5.41) is 3.55. The Kier molecular flexibility index (Phi) is 6.79. The molecule has 7 nitrogen and oxygen atoms in total. The van der Waals surface area contributed by atoms with Crippen molar-refractivity contribution in [1.82, 2.24) is 9.62 Å². The highest BCUT2D eigenvalue weighted by molar-refractivity contribution is 7.89. The van der Waals surface area contributed by atoms with E-state index in [9.17, 15) is 18.0 Å². The average molecular weight is 490 g/mol. The highest BCUT2D eigenvalue weighted by Crippen LogP contribution is 2.35. The van der Waals surface area contributed by atoms with E-state index in [-0.39, 0.29) is 29.3 Å². The van der Waals surface area contributed by atoms with Crippen molar-refractivity contribution >= 4 is 39.1 Å². The monoisotopic (exact) mass is 489 g/mol. The number of piperidine rings is 1. The summed E-state index contributed by atoms with van der Waals surface area (Å²) in [7, 11) is -3.74. The molecule has 1 N–H and O–H groups in total. The third-order valence-electron chi connectivity index (χ3n) is 6.38. The van der Waals surface area contributed by atoms with Gasteiger partial charge in [-0.3, -0.25) is 9.59 Å². The first-order chi connectivity index (χ1) is 15.7. The molecule has 0 aromatic heterocycles. The van der Waals surface area contributed by atoms with Gasteiger partial charge in [-0.1, -0.05) is 23.7 Å². The quantitative estimate of drug-likeness (QED) is 0.697. The Morgan fingerprint density at radius 2 is 1.88 bits per heavy atom. The third kappa shape index (κ3) is 4.93. The summed E-state index contributed by atoms with van der Waals surface area (Å²) in [6, 6.07) is 12.2. The molecule has 2 aliphatic rings. The Labute approximate surface area is 199 Å². The normalized spacial score (nSPS) is 21.0. The molecule has 2 atom stereocenters. The second-order valence-electron chi connectivity index (χ2n) is 8.78. The lowest BCUT2D eigenvalue weighted by Gasteiger charge is -2.31. The molecular weight excluding hydrogens is 462 g/mol. The first-order valence-electron chi connectivity index (χ1n) is 11.1. The zero-order chi connectivity index (χ0) is 23.8. The fourth-order valence-corrected chi connectivity index (χ4v) is 6.41. The molecule has 0 bridgehead atoms. The minimum Gasteiger partial charge on any atom is -0.352 e. The van der Waals surface area contributed by atoms with Crippen molar-refractivity contribution < 1.29 is 18.0 Å². The molecule has 9 heteroatoms. The molecule has 2 heterocycles. The molecule has 33 heavy (non-hydrogen) atoms. The second-order valence-corrected chi connectivity index (χ2v) is 11.2. The summed E-state index contributed by atoms with van der Waals surface area (Å²) in [5.74, 6) is -0.603. The Balaban J connectivity index is 1.45. The van der Waals surface area contributed by atoms with Crippen LogP contribution in [0.15, 0.2) is 47.4 Å². The van der Waals surface area contributed by atoms with E-state index >= 15 is 0 Å². The van der Waals surface area contributed by atoms with Crippen LogP contribution in [0.5, 0.6) is 0 Å². The van der Waals surface area contributed by atoms with Crippen LogP contribution in [0, 0.1) is 5.92 Å². The number of fused-ring (bicyclic) bond motifs is 1. The molecule has 0 saturated carbocycles. The molecule has 0 aliphatic carbocycles. The number of carbonyl (C=O) groups excluding carboxylic acids is 2. The maximum absolute atomic E-state index is 13.4. The third-order valence-corrected chi connectivity index (χ3v) is 8.49. The predicted molar refractivity (Wildman–Crippen MR) is 128 cm³/mol. The van der Waals surface area contributed by atoms with Gasteiger partial charge in [0.15, 0.2) is 0 Å². The van der Waals surface area contributed by atoms with Crippen molar-refractivity contribution in [1.29, 1.82) is 0 Å². The van der Waals surface area contributed by atoms with Crippen LogP contribution in [-0.2, 0) is 32.6 Å². The number of hydrogen-bond acceptors (Lipinski definition) is 4. The topological polar surface area (TPSA) is 86.8 Å². The van der Waals surface area contributed by atoms with Gasteiger partial charge < -0.3 is 10.2 Å². The number of rotatable bonds is 5. The zero-order valence-corrected chi connectivity index (χ0v) is 20.3. The van der Waals surface area contributed by atoms with Gasteiger partial charge in [0.25, 0.3) is 0 Å². The number of benzene rings is 2. The molecule has 0 spiro atoms. The first kappa shape index (κ1) is 23.7. The number of nitrogens with zero attached hydrogens (tertiary/aromatic N) is 2. The van der Waals surface area contributed by atoms with E-state index in [0.29, 0.717) is 37.4 Å². The van der Waals surface area contributed by atoms with E-state index < -0.39 is 15.9 Å². The predicted octanol–water partition coefficient (Wildman–Crippen LogP) is 3.35. The molecular formula is C24H28ClN3O4S. The summed E-state index contributed by atoms with van der Waals surface area (Å²) in [6.07, 6.45) is 1.89. The van der Waals surface area contributed by atoms with E-state index in [1.165, 1.54) is 11.2 Å². The van der Waals surface area contributed by atoms with Crippen LogP contribution in [0.1, 0.15) is 37.8 Å². The van der Waals surface area contributed by atoms with Gasteiger partial charge in [0, 0.05) is 43.3 Å². The van der Waals surface area contributed by atoms with Gasteiger partial charge in [0.2, 0.25) is 21.8 Å². The summed E-state index contributed by atoms with van der Waals surface area (Å²) in [6.45, 7) is 4.38. The SMILES string of the molecule is CC(=O)N1c2ccc(S(=O)(=O)N3CCC[C@H](C(=O)NCc4ccc(Cl)cc4)C3)cc2C[C@H]1C. The molecule has 176 valence electrons. The minimum atomic E-state index is -3.74. The van der Waals surface area contributed by atoms with Crippen molar-refractivity contribution in [3.63, 3.8) is 0 Å². The molecule has 0 radical (unpaired) electrons. The van der Waals surface area contributed by atoms with E-state index in [4.69, 9.17) is 11.6 Å². The van der Waals surface area contributed by atoms with Gasteiger partial charge in [-0.25, -0.2) is 8.42 Å². The minimum absolute atomic E-state index is 0.000780. The standard InChI is InChI=1S/C24H28ClN3O4S/c1-16-12-20-13-22(9-10-23(20)28(16)17(2)29)33(31,32)27-11-3-4-19(15-27)24(30)26-14-18-5-7-21(25)8-6-18/h5-10,13,16,19H,3-4,11-12,14-15H2,1-2H3,(H,26,30)/t16-,19+/m1/s1. The Hall–Kier alpha value is -2.42. The number of hydrogen-bond donors (Lipinski definition) is 1. The van der Waals surface area contributed by atoms with Gasteiger partial charge in [-0.05, 0) is 67.6 Å². The van der Waals surface area contributed by atoms with Crippen molar-refractivity contribution in [3.05, 3.63) is 58.6 Å². The van der Waals surface area contributed by atoms with E-state index in [2.05, 4.69) is 5.32 Å². The summed E-state index contributed by atoms with van der Waals surface area (Å²) in [4.78, 5) is 26.6. The zero-order valence-electron chi connectivity index (χ0n) is 18.8. The molecule has 2 amide bonds. The van der Waals surface area contributed by atoms with Crippen LogP contribution >= 0.6 is 11.6 Å². The summed E-state index contributed by atoms with van der Waals surface area (Å²) >= 11 is 5.90. The van der Waals surface area contributed by atoms with Crippen LogP contribution in [0.3, 0.4) is 0 Å². The number of carbonyl (C=O) groups is 2. The van der Waals surface area contributed by atoms with E-state index in [1.807, 2.05) is 19.1 Å². The van der Waals surface area contributed by atoms with Gasteiger partial charge >= 0.3 is 0 Å². The lowest BCUT2D eigenvalue weighted by atomic mass is 9.99. The Bertz CT molecular complexity index is 1170. The van der Waals surface area contributed by atoms with E-state index in [0.717, 1.165) is 16.8 Å². The van der Waals surface area contributed by atoms with Crippen LogP contribution in [-0.4, -0.2) is 43.7 Å². The van der Waals surface area contributed by atoms with Crippen LogP contribution in [0.4, 0.5) is 5.69 Å². The molecule has 2 aromatic carbocycles. The maximum atomic E-state index is 13.4. The number of halogens is 1. The molecule has 1 fully saturated rings. The number of anilines is 1. The smallest absolute Gasteiger partial charge is 0.243 e. The van der Waals surface area contributed by atoms with Gasteiger partial charge in [0.1, 0.15) is 0 Å². The summed E-state index contributed by atoms with van der Waals surface area (Å²) < 4.78 is 28.1. The fraction of sp³-hybridized carbons (Fsp3) is 0.417. The average Bonchev–Trinajstić information content (AvgIpc) is 3.13. The molecule has 2 aromatic rings. The van der Waals surface area contributed by atoms with Crippen LogP contribution < -0.4 is 10.2 Å². The van der Waals surface area contributed by atoms with Gasteiger partial charge in [-0.2, -0.15) is 4.31 Å². The first-order valence-corrected chi connectivity index (χ1v) is 12.9. The second kappa shape index (κ2) is 9.44. The van der Waals surface area contributed by atoms with Crippen molar-refractivity contribution in [2.45, 2.75) is 50.6 Å². The summed E-state index contributed by atoms with van der Waals surface area (Å²) in [5.41, 5.74) is 2.56. The van der Waals surface area contributed by atoms with Crippen LogP contribution in [0.2, 0.25) is 5.02 Å². The number of nitrogens with one attached hydrogen (secondary N) is 1. The van der Waals surface area contributed by atoms with Gasteiger partial charge in [0.05, 0.1) is 10.8 Å². The molecule has 4 rings (SSSR count). The van der Waals surface area contributed by atoms with Crippen LogP contribution in [0.25, 0.3) is 0 Å². The maximum Gasteiger partial charge on any atom is 0.243 e. The fourth-order valence-electron chi connectivity index (χ4n) is 4.71. The molecule has 1 saturated heterocycles. The highest BCUT2D eigenvalue weighted by atomic mass is 35.5. The van der Waals surface area contributed by atoms with Crippen molar-refractivity contribution in [2.24, 2.45) is 5.92 Å². The molecule has 2 aliphatic heterocycles. The van der Waals surface area contributed by atoms with Crippen molar-refractivity contribution in [2.75, 3.05) is 18.0 Å². The number of amides is 2. The Morgan fingerprint density at radius 1 is 1.15 bits per heavy atom. The lowest BCUT2D eigenvalue weighted by Crippen LogP contribution is -2.45. The number of sulfonamides is 1. The Morgan fingerprint density at radius 3 is 2.58 bits per heavy atom. The largest absolute Gasteiger partial charge is 0.352 e. The van der Waals surface area contributed by atoms with Gasteiger partial charge in [-0.15, -0.1) is 0 Å². The molecule has 0 unspecified atom stereocenters.